The summed E-state index contributed by atoms with van der Waals surface area (Å²) in [6.45, 7) is 4.06. The molecule has 3 rings (SSSR count). The first-order chi connectivity index (χ1) is 9.60. The van der Waals surface area contributed by atoms with Crippen LogP contribution in [0.4, 0.5) is 0 Å². The predicted molar refractivity (Wildman–Crippen MR) is 77.3 cm³/mol. The van der Waals surface area contributed by atoms with E-state index < -0.39 is 5.54 Å². The van der Waals surface area contributed by atoms with Gasteiger partial charge in [0.15, 0.2) is 5.82 Å². The van der Waals surface area contributed by atoms with Gasteiger partial charge in [-0.15, -0.1) is 0 Å². The highest BCUT2D eigenvalue weighted by Gasteiger charge is 2.31. The molecule has 0 aliphatic heterocycles. The van der Waals surface area contributed by atoms with Gasteiger partial charge in [-0.25, -0.2) is 0 Å². The first-order valence-electron chi connectivity index (χ1n) is 7.30. The van der Waals surface area contributed by atoms with Crippen LogP contribution in [0.5, 0.6) is 0 Å². The van der Waals surface area contributed by atoms with E-state index in [0.717, 1.165) is 31.5 Å². The van der Waals surface area contributed by atoms with Crippen LogP contribution in [0.15, 0.2) is 28.8 Å². The largest absolute Gasteiger partial charge is 0.337 e. The van der Waals surface area contributed by atoms with Gasteiger partial charge < -0.3 is 10.3 Å². The topological polar surface area (TPSA) is 64.9 Å². The van der Waals surface area contributed by atoms with Crippen molar-refractivity contribution in [1.29, 1.82) is 0 Å². The Kier molecular flexibility index (Phi) is 3.34. The van der Waals surface area contributed by atoms with E-state index in [-0.39, 0.29) is 0 Å². The Labute approximate surface area is 119 Å². The lowest BCUT2D eigenvalue weighted by Crippen LogP contribution is -2.33. The minimum atomic E-state index is -0.522. The average molecular weight is 271 g/mol. The standard InChI is InChI=1S/C16H21N3O/c1-3-8-16(2,17)15-18-14(19-20-15)13-9-11-6-4-5-7-12(11)10-13/h4-7,13H,3,8-10,17H2,1-2H3. The number of fused-ring (bicyclic) bond motifs is 1. The zero-order chi connectivity index (χ0) is 14.2. The van der Waals surface area contributed by atoms with E-state index in [4.69, 9.17) is 10.3 Å². The molecule has 0 saturated heterocycles. The summed E-state index contributed by atoms with van der Waals surface area (Å²) in [4.78, 5) is 4.56. The Balaban J connectivity index is 1.79. The fourth-order valence-electron chi connectivity index (χ4n) is 3.00. The van der Waals surface area contributed by atoms with Crippen molar-refractivity contribution < 1.29 is 4.52 Å². The molecule has 0 fully saturated rings. The normalized spacial score (nSPS) is 17.9. The van der Waals surface area contributed by atoms with Gasteiger partial charge in [0.2, 0.25) is 5.89 Å². The van der Waals surface area contributed by atoms with Crippen molar-refractivity contribution in [2.24, 2.45) is 5.73 Å². The van der Waals surface area contributed by atoms with Gasteiger partial charge in [0.05, 0.1) is 5.54 Å². The van der Waals surface area contributed by atoms with Gasteiger partial charge in [0.1, 0.15) is 0 Å². The lowest BCUT2D eigenvalue weighted by Gasteiger charge is -2.18. The number of hydrogen-bond acceptors (Lipinski definition) is 4. The van der Waals surface area contributed by atoms with Gasteiger partial charge in [-0.1, -0.05) is 42.8 Å². The summed E-state index contributed by atoms with van der Waals surface area (Å²) < 4.78 is 5.41. The maximum Gasteiger partial charge on any atom is 0.246 e. The summed E-state index contributed by atoms with van der Waals surface area (Å²) in [6.07, 6.45) is 3.83. The van der Waals surface area contributed by atoms with Crippen LogP contribution < -0.4 is 5.73 Å². The molecule has 0 bridgehead atoms. The van der Waals surface area contributed by atoms with E-state index in [9.17, 15) is 0 Å². The summed E-state index contributed by atoms with van der Waals surface area (Å²) in [5.41, 5.74) is 8.52. The maximum atomic E-state index is 6.25. The summed E-state index contributed by atoms with van der Waals surface area (Å²) in [5, 5.41) is 4.16. The lowest BCUT2D eigenvalue weighted by atomic mass is 9.97. The number of aromatic nitrogens is 2. The van der Waals surface area contributed by atoms with Crippen molar-refractivity contribution in [2.75, 3.05) is 0 Å². The van der Waals surface area contributed by atoms with Crippen LogP contribution in [0.25, 0.3) is 0 Å². The van der Waals surface area contributed by atoms with Crippen LogP contribution in [0, 0.1) is 0 Å². The summed E-state index contributed by atoms with van der Waals surface area (Å²) in [7, 11) is 0. The highest BCUT2D eigenvalue weighted by molar-refractivity contribution is 5.34. The Hall–Kier alpha value is -1.68. The van der Waals surface area contributed by atoms with Crippen molar-refractivity contribution in [3.63, 3.8) is 0 Å². The monoisotopic (exact) mass is 271 g/mol. The molecule has 1 unspecified atom stereocenters. The molecule has 0 radical (unpaired) electrons. The second-order valence-electron chi connectivity index (χ2n) is 6.00. The van der Waals surface area contributed by atoms with Gasteiger partial charge in [-0.3, -0.25) is 0 Å². The minimum absolute atomic E-state index is 0.322. The van der Waals surface area contributed by atoms with E-state index in [0.29, 0.717) is 11.8 Å². The Morgan fingerprint density at radius 2 is 1.95 bits per heavy atom. The maximum absolute atomic E-state index is 6.25. The van der Waals surface area contributed by atoms with E-state index in [1.54, 1.807) is 0 Å². The number of nitrogens with zero attached hydrogens (tertiary/aromatic N) is 2. The number of benzene rings is 1. The molecule has 1 aliphatic rings. The molecule has 0 amide bonds. The second kappa shape index (κ2) is 5.02. The average Bonchev–Trinajstić information content (AvgIpc) is 3.05. The molecule has 1 aromatic heterocycles. The van der Waals surface area contributed by atoms with Crippen LogP contribution in [-0.4, -0.2) is 10.1 Å². The van der Waals surface area contributed by atoms with Gasteiger partial charge in [-0.2, -0.15) is 4.98 Å². The Morgan fingerprint density at radius 1 is 1.30 bits per heavy atom. The molecule has 4 nitrogen and oxygen atoms in total. The van der Waals surface area contributed by atoms with E-state index in [1.807, 2.05) is 6.92 Å². The molecule has 20 heavy (non-hydrogen) atoms. The molecule has 1 heterocycles. The zero-order valence-corrected chi connectivity index (χ0v) is 12.1. The third-order valence-corrected chi connectivity index (χ3v) is 4.12. The number of hydrogen-bond donors (Lipinski definition) is 1. The summed E-state index contributed by atoms with van der Waals surface area (Å²) in [5.74, 6) is 1.68. The predicted octanol–water partition coefficient (Wildman–Crippen LogP) is 2.93. The van der Waals surface area contributed by atoms with Crippen molar-refractivity contribution in [3.8, 4) is 0 Å². The third-order valence-electron chi connectivity index (χ3n) is 4.12. The van der Waals surface area contributed by atoms with Gasteiger partial charge >= 0.3 is 0 Å². The van der Waals surface area contributed by atoms with Gasteiger partial charge in [0.25, 0.3) is 0 Å². The van der Waals surface area contributed by atoms with Crippen molar-refractivity contribution in [1.82, 2.24) is 10.1 Å². The molecule has 0 spiro atoms. The van der Waals surface area contributed by atoms with Crippen molar-refractivity contribution in [3.05, 3.63) is 47.1 Å². The van der Waals surface area contributed by atoms with E-state index in [2.05, 4.69) is 41.3 Å². The summed E-state index contributed by atoms with van der Waals surface area (Å²) in [6, 6.07) is 8.53. The highest BCUT2D eigenvalue weighted by Crippen LogP contribution is 2.33. The minimum Gasteiger partial charge on any atom is -0.337 e. The molecule has 1 aliphatic carbocycles. The Morgan fingerprint density at radius 3 is 2.55 bits per heavy atom. The quantitative estimate of drug-likeness (QED) is 0.928. The molecule has 2 N–H and O–H groups in total. The van der Waals surface area contributed by atoms with Crippen molar-refractivity contribution >= 4 is 0 Å². The Bertz CT molecular complexity index is 578. The second-order valence-corrected chi connectivity index (χ2v) is 6.00. The highest BCUT2D eigenvalue weighted by atomic mass is 16.5. The molecule has 1 atom stereocenters. The van der Waals surface area contributed by atoms with Crippen LogP contribution >= 0.6 is 0 Å². The van der Waals surface area contributed by atoms with Crippen LogP contribution in [-0.2, 0) is 18.4 Å². The molecule has 0 saturated carbocycles. The van der Waals surface area contributed by atoms with Gasteiger partial charge in [0, 0.05) is 5.92 Å². The van der Waals surface area contributed by atoms with E-state index >= 15 is 0 Å². The molecular formula is C16H21N3O. The third kappa shape index (κ3) is 2.36. The summed E-state index contributed by atoms with van der Waals surface area (Å²) >= 11 is 0. The van der Waals surface area contributed by atoms with Crippen LogP contribution in [0.2, 0.25) is 0 Å². The van der Waals surface area contributed by atoms with Gasteiger partial charge in [-0.05, 0) is 37.3 Å². The molecule has 2 aromatic rings. The van der Waals surface area contributed by atoms with Crippen LogP contribution in [0.1, 0.15) is 55.4 Å². The van der Waals surface area contributed by atoms with E-state index in [1.165, 1.54) is 11.1 Å². The fourth-order valence-corrected chi connectivity index (χ4v) is 3.00. The smallest absolute Gasteiger partial charge is 0.246 e. The molecular weight excluding hydrogens is 250 g/mol. The first-order valence-corrected chi connectivity index (χ1v) is 7.30. The SMILES string of the molecule is CCCC(C)(N)c1nc(C2Cc3ccccc3C2)no1. The fraction of sp³-hybridized carbons (Fsp3) is 0.500. The zero-order valence-electron chi connectivity index (χ0n) is 12.1. The molecule has 4 heteroatoms. The molecule has 1 aromatic carbocycles. The van der Waals surface area contributed by atoms with Crippen LogP contribution in [0.3, 0.4) is 0 Å². The van der Waals surface area contributed by atoms with Crippen molar-refractivity contribution in [2.45, 2.75) is 51.0 Å². The number of rotatable bonds is 4. The number of nitrogens with two attached hydrogens (primary N) is 1. The first kappa shape index (κ1) is 13.3. The lowest BCUT2D eigenvalue weighted by molar-refractivity contribution is 0.281. The molecule has 106 valence electrons.